The molecule has 4 aromatic rings. The van der Waals surface area contributed by atoms with Crippen LogP contribution in [0.1, 0.15) is 54.4 Å². The Kier molecular flexibility index (Phi) is 10.9. The number of para-hydroxylation sites is 2. The molecule has 258 valence electrons. The molecule has 0 bridgehead atoms. The second-order valence-corrected chi connectivity index (χ2v) is 13.1. The number of aryl methyl sites for hydroxylation is 1. The summed E-state index contributed by atoms with van der Waals surface area (Å²) in [5.74, 6) is 2.44. The van der Waals surface area contributed by atoms with Crippen LogP contribution in [0, 0.1) is 11.3 Å². The number of rotatable bonds is 13. The van der Waals surface area contributed by atoms with Crippen molar-refractivity contribution in [1.29, 1.82) is 5.26 Å². The van der Waals surface area contributed by atoms with Crippen LogP contribution in [0.4, 0.5) is 5.95 Å². The van der Waals surface area contributed by atoms with Crippen LogP contribution in [0.2, 0.25) is 0 Å². The van der Waals surface area contributed by atoms with Gasteiger partial charge in [-0.1, -0.05) is 42.5 Å². The summed E-state index contributed by atoms with van der Waals surface area (Å²) in [7, 11) is 4.70. The minimum Gasteiger partial charge on any atom is -0.493 e. The highest BCUT2D eigenvalue weighted by Gasteiger charge is 2.42. The highest BCUT2D eigenvalue weighted by atomic mass is 16.5. The third kappa shape index (κ3) is 7.32. The molecule has 0 saturated carbocycles. The van der Waals surface area contributed by atoms with Crippen LogP contribution < -0.4 is 19.1 Å². The third-order valence-electron chi connectivity index (χ3n) is 10.3. The first kappa shape index (κ1) is 34.1. The number of hydrogen-bond acceptors (Lipinski definition) is 8. The number of carbonyl (C=O) groups is 1. The fourth-order valence-corrected chi connectivity index (χ4v) is 7.57. The number of nitriles is 1. The standard InChI is InChI=1S/C39H48N6O4/c1-47-34-27-30(28-35(48-2)36(34)49-3)37(46)44-24-18-39(29-44,31-13-6-4-7-14-31)17-23-42-20-12-21-43(26-25-42)38-41-32-15-8-9-16-33(32)45(38)22-11-5-10-19-40/h4,6-9,13-16,27-28H,5,10-12,17-18,20-26,29H2,1-3H3. The molecule has 1 unspecified atom stereocenters. The van der Waals surface area contributed by atoms with E-state index in [4.69, 9.17) is 24.5 Å². The van der Waals surface area contributed by atoms with Gasteiger partial charge in [0.15, 0.2) is 11.5 Å². The number of nitrogens with zero attached hydrogens (tertiary/aromatic N) is 6. The molecule has 2 fully saturated rings. The van der Waals surface area contributed by atoms with E-state index in [2.05, 4.69) is 69.0 Å². The molecule has 2 aliphatic heterocycles. The molecule has 0 radical (unpaired) electrons. The lowest BCUT2D eigenvalue weighted by Gasteiger charge is -2.33. The third-order valence-corrected chi connectivity index (χ3v) is 10.3. The lowest BCUT2D eigenvalue weighted by molar-refractivity contribution is 0.0780. The Hall–Kier alpha value is -4.75. The van der Waals surface area contributed by atoms with Gasteiger partial charge in [-0.3, -0.25) is 4.79 Å². The second-order valence-electron chi connectivity index (χ2n) is 13.1. The molecule has 2 saturated heterocycles. The smallest absolute Gasteiger partial charge is 0.254 e. The minimum atomic E-state index is -0.138. The maximum absolute atomic E-state index is 14.0. The molecule has 49 heavy (non-hydrogen) atoms. The molecule has 1 amide bonds. The number of ether oxygens (including phenoxy) is 3. The van der Waals surface area contributed by atoms with Crippen molar-refractivity contribution in [2.45, 2.75) is 50.5 Å². The summed E-state index contributed by atoms with van der Waals surface area (Å²) in [4.78, 5) is 26.1. The number of hydrogen-bond donors (Lipinski definition) is 0. The lowest BCUT2D eigenvalue weighted by atomic mass is 9.76. The van der Waals surface area contributed by atoms with Crippen LogP contribution in [-0.4, -0.2) is 92.4 Å². The zero-order valence-corrected chi connectivity index (χ0v) is 29.1. The predicted octanol–water partition coefficient (Wildman–Crippen LogP) is 6.14. The van der Waals surface area contributed by atoms with Crippen LogP contribution >= 0.6 is 0 Å². The van der Waals surface area contributed by atoms with Gasteiger partial charge in [0.05, 0.1) is 38.4 Å². The number of amides is 1. The van der Waals surface area contributed by atoms with E-state index in [1.807, 2.05) is 11.0 Å². The molecule has 2 aliphatic rings. The van der Waals surface area contributed by atoms with Crippen molar-refractivity contribution in [3.05, 3.63) is 77.9 Å². The topological polar surface area (TPSA) is 96.1 Å². The molecule has 3 heterocycles. The fraction of sp³-hybridized carbons (Fsp3) is 0.462. The van der Waals surface area contributed by atoms with Crippen molar-refractivity contribution in [3.63, 3.8) is 0 Å². The largest absolute Gasteiger partial charge is 0.493 e. The van der Waals surface area contributed by atoms with E-state index in [1.54, 1.807) is 33.5 Å². The minimum absolute atomic E-state index is 0.0296. The zero-order chi connectivity index (χ0) is 34.2. The van der Waals surface area contributed by atoms with E-state index in [0.717, 1.165) is 88.4 Å². The summed E-state index contributed by atoms with van der Waals surface area (Å²) < 4.78 is 18.9. The highest BCUT2D eigenvalue weighted by Crippen LogP contribution is 2.41. The number of methoxy groups -OCH3 is 3. The summed E-state index contributed by atoms with van der Waals surface area (Å²) >= 11 is 0. The van der Waals surface area contributed by atoms with E-state index < -0.39 is 0 Å². The van der Waals surface area contributed by atoms with Crippen molar-refractivity contribution >= 4 is 22.9 Å². The second kappa shape index (κ2) is 15.6. The number of imidazole rings is 1. The summed E-state index contributed by atoms with van der Waals surface area (Å²) in [5.41, 5.74) is 3.86. The van der Waals surface area contributed by atoms with Gasteiger partial charge >= 0.3 is 0 Å². The zero-order valence-electron chi connectivity index (χ0n) is 29.1. The first-order valence-electron chi connectivity index (χ1n) is 17.4. The number of carbonyl (C=O) groups excluding carboxylic acids is 1. The van der Waals surface area contributed by atoms with Crippen molar-refractivity contribution in [3.8, 4) is 23.3 Å². The summed E-state index contributed by atoms with van der Waals surface area (Å²) in [6.07, 6.45) is 5.37. The van der Waals surface area contributed by atoms with Crippen molar-refractivity contribution < 1.29 is 19.0 Å². The summed E-state index contributed by atoms with van der Waals surface area (Å²) in [5, 5.41) is 9.03. The van der Waals surface area contributed by atoms with Gasteiger partial charge in [-0.2, -0.15) is 5.26 Å². The molecule has 10 heteroatoms. The van der Waals surface area contributed by atoms with E-state index in [9.17, 15) is 4.79 Å². The van der Waals surface area contributed by atoms with Gasteiger partial charge in [-0.05, 0) is 75.0 Å². The molecule has 1 aromatic heterocycles. The predicted molar refractivity (Wildman–Crippen MR) is 192 cm³/mol. The van der Waals surface area contributed by atoms with Crippen LogP contribution in [0.15, 0.2) is 66.7 Å². The van der Waals surface area contributed by atoms with Gasteiger partial charge in [0.1, 0.15) is 0 Å². The highest BCUT2D eigenvalue weighted by molar-refractivity contribution is 5.96. The Morgan fingerprint density at radius 3 is 2.37 bits per heavy atom. The Bertz CT molecular complexity index is 1740. The summed E-state index contributed by atoms with van der Waals surface area (Å²) in [6, 6.07) is 24.9. The molecule has 6 rings (SSSR count). The Labute approximate surface area is 289 Å². The van der Waals surface area contributed by atoms with Crippen molar-refractivity contribution in [2.75, 3.05) is 72.0 Å². The maximum Gasteiger partial charge on any atom is 0.254 e. The van der Waals surface area contributed by atoms with Crippen LogP contribution in [0.3, 0.4) is 0 Å². The van der Waals surface area contributed by atoms with Crippen molar-refractivity contribution in [2.24, 2.45) is 0 Å². The van der Waals surface area contributed by atoms with Crippen molar-refractivity contribution in [1.82, 2.24) is 19.4 Å². The van der Waals surface area contributed by atoms with Gasteiger partial charge in [-0.25, -0.2) is 4.98 Å². The number of unbranched alkanes of at least 4 members (excludes halogenated alkanes) is 2. The fourth-order valence-electron chi connectivity index (χ4n) is 7.57. The van der Waals surface area contributed by atoms with E-state index >= 15 is 0 Å². The molecule has 3 aromatic carbocycles. The van der Waals surface area contributed by atoms with Gasteiger partial charge in [-0.15, -0.1) is 0 Å². The molecular formula is C39H48N6O4. The quantitative estimate of drug-likeness (QED) is 0.157. The van der Waals surface area contributed by atoms with E-state index in [-0.39, 0.29) is 11.3 Å². The first-order chi connectivity index (χ1) is 24.0. The Morgan fingerprint density at radius 2 is 1.63 bits per heavy atom. The lowest BCUT2D eigenvalue weighted by Crippen LogP contribution is -2.39. The molecule has 0 spiro atoms. The Balaban J connectivity index is 1.16. The maximum atomic E-state index is 14.0. The molecular weight excluding hydrogens is 616 g/mol. The molecule has 0 N–H and O–H groups in total. The normalized spacial score (nSPS) is 18.3. The van der Waals surface area contributed by atoms with E-state index in [0.29, 0.717) is 42.3 Å². The van der Waals surface area contributed by atoms with Gasteiger partial charge in [0.25, 0.3) is 5.91 Å². The number of likely N-dealkylation sites (tertiary alicyclic amines) is 1. The average Bonchev–Trinajstić information content (AvgIpc) is 3.67. The van der Waals surface area contributed by atoms with Crippen LogP contribution in [0.25, 0.3) is 11.0 Å². The number of fused-ring (bicyclic) bond motifs is 1. The summed E-state index contributed by atoms with van der Waals surface area (Å²) in [6.45, 7) is 7.01. The molecule has 10 nitrogen and oxygen atoms in total. The van der Waals surface area contributed by atoms with Crippen LogP contribution in [-0.2, 0) is 12.0 Å². The molecule has 0 aliphatic carbocycles. The average molecular weight is 665 g/mol. The number of aromatic nitrogens is 2. The van der Waals surface area contributed by atoms with Gasteiger partial charge in [0.2, 0.25) is 11.7 Å². The van der Waals surface area contributed by atoms with E-state index in [1.165, 1.54) is 5.56 Å². The Morgan fingerprint density at radius 1 is 0.878 bits per heavy atom. The van der Waals surface area contributed by atoms with Gasteiger partial charge < -0.3 is 33.5 Å². The van der Waals surface area contributed by atoms with Gasteiger partial charge in [0, 0.05) is 56.7 Å². The number of anilines is 1. The SMILES string of the molecule is COc1cc(C(=O)N2CCC(CCN3CCCN(c4nc5ccccc5n4CCCCC#N)CC3)(c3ccccc3)C2)cc(OC)c1OC. The number of benzene rings is 3. The monoisotopic (exact) mass is 664 g/mol. The molecule has 1 atom stereocenters. The first-order valence-corrected chi connectivity index (χ1v) is 17.4. The van der Waals surface area contributed by atoms with Crippen LogP contribution in [0.5, 0.6) is 17.2 Å².